The van der Waals surface area contributed by atoms with Gasteiger partial charge in [0.2, 0.25) is 0 Å². The molecule has 2 nitrogen and oxygen atoms in total. The van der Waals surface area contributed by atoms with E-state index in [2.05, 4.69) is 15.9 Å². The van der Waals surface area contributed by atoms with Gasteiger partial charge in [-0.2, -0.15) is 0 Å². The third-order valence-corrected chi connectivity index (χ3v) is 2.65. The van der Waals surface area contributed by atoms with E-state index in [1.165, 1.54) is 13.0 Å². The molecule has 0 N–H and O–H groups in total. The minimum Gasteiger partial charge on any atom is -0.298 e. The van der Waals surface area contributed by atoms with Crippen molar-refractivity contribution in [2.45, 2.75) is 13.0 Å². The van der Waals surface area contributed by atoms with Crippen molar-refractivity contribution in [1.82, 2.24) is 4.90 Å². The summed E-state index contributed by atoms with van der Waals surface area (Å²) in [6.45, 7) is 1.46. The van der Waals surface area contributed by atoms with Crippen molar-refractivity contribution in [2.24, 2.45) is 0 Å². The molecule has 0 amide bonds. The predicted molar refractivity (Wildman–Crippen MR) is 61.2 cm³/mol. The molecular weight excluding hydrogens is 261 g/mol. The summed E-state index contributed by atoms with van der Waals surface area (Å²) in [6, 6.07) is 4.09. The van der Waals surface area contributed by atoms with Crippen LogP contribution >= 0.6 is 15.9 Å². The third kappa shape index (κ3) is 2.86. The van der Waals surface area contributed by atoms with Gasteiger partial charge in [0.05, 0.1) is 6.04 Å². The van der Waals surface area contributed by atoms with Gasteiger partial charge in [0, 0.05) is 10.0 Å². The van der Waals surface area contributed by atoms with Gasteiger partial charge in [-0.3, -0.25) is 9.69 Å². The minimum absolute atomic E-state index is 0.0722. The lowest BCUT2D eigenvalue weighted by atomic mass is 10.0. The van der Waals surface area contributed by atoms with Crippen molar-refractivity contribution < 1.29 is 9.18 Å². The van der Waals surface area contributed by atoms with Gasteiger partial charge in [-0.15, -0.1) is 0 Å². The summed E-state index contributed by atoms with van der Waals surface area (Å²) < 4.78 is 14.3. The molecule has 15 heavy (non-hydrogen) atoms. The van der Waals surface area contributed by atoms with E-state index in [9.17, 15) is 9.18 Å². The lowest BCUT2D eigenvalue weighted by Gasteiger charge is -2.22. The van der Waals surface area contributed by atoms with E-state index in [0.717, 1.165) is 4.47 Å². The van der Waals surface area contributed by atoms with Crippen LogP contribution in [0.3, 0.4) is 0 Å². The molecule has 0 saturated heterocycles. The molecule has 1 atom stereocenters. The molecule has 0 radical (unpaired) electrons. The summed E-state index contributed by atoms with van der Waals surface area (Å²) in [5, 5.41) is 0. The van der Waals surface area contributed by atoms with Crippen molar-refractivity contribution in [3.8, 4) is 0 Å². The Morgan fingerprint density at radius 1 is 1.47 bits per heavy atom. The Labute approximate surface area is 97.2 Å². The van der Waals surface area contributed by atoms with Gasteiger partial charge in [0.25, 0.3) is 0 Å². The largest absolute Gasteiger partial charge is 0.298 e. The zero-order chi connectivity index (χ0) is 11.6. The molecule has 0 bridgehead atoms. The number of nitrogens with zero attached hydrogens (tertiary/aromatic N) is 1. The summed E-state index contributed by atoms with van der Waals surface area (Å²) in [7, 11) is 3.51. The Balaban J connectivity index is 3.22. The molecule has 0 fully saturated rings. The van der Waals surface area contributed by atoms with Gasteiger partial charge in [0.15, 0.2) is 5.78 Å². The molecule has 0 aliphatic rings. The Bertz CT molecular complexity index is 379. The van der Waals surface area contributed by atoms with Gasteiger partial charge in [-0.05, 0) is 39.2 Å². The fourth-order valence-corrected chi connectivity index (χ4v) is 1.96. The summed E-state index contributed by atoms with van der Waals surface area (Å²) in [5.41, 5.74) is 0.405. The number of rotatable bonds is 3. The molecule has 1 unspecified atom stereocenters. The van der Waals surface area contributed by atoms with Crippen LogP contribution in [0.25, 0.3) is 0 Å². The van der Waals surface area contributed by atoms with E-state index < -0.39 is 6.04 Å². The first kappa shape index (κ1) is 12.3. The molecule has 1 aromatic carbocycles. The van der Waals surface area contributed by atoms with Gasteiger partial charge in [-0.1, -0.05) is 15.9 Å². The van der Waals surface area contributed by atoms with Crippen LogP contribution < -0.4 is 0 Å². The van der Waals surface area contributed by atoms with Crippen LogP contribution in [0.1, 0.15) is 18.5 Å². The SMILES string of the molecule is CC(=O)C(c1cc(Br)ccc1F)N(C)C. The summed E-state index contributed by atoms with van der Waals surface area (Å²) in [6.07, 6.45) is 0. The monoisotopic (exact) mass is 273 g/mol. The maximum atomic E-state index is 13.5. The number of hydrogen-bond donors (Lipinski definition) is 0. The molecule has 0 heterocycles. The van der Waals surface area contributed by atoms with E-state index in [1.807, 2.05) is 0 Å². The first-order valence-electron chi connectivity index (χ1n) is 4.55. The zero-order valence-electron chi connectivity index (χ0n) is 8.92. The van der Waals surface area contributed by atoms with Crippen LogP contribution in [0.5, 0.6) is 0 Å². The van der Waals surface area contributed by atoms with Crippen molar-refractivity contribution in [3.05, 3.63) is 34.1 Å². The molecule has 0 aliphatic carbocycles. The van der Waals surface area contributed by atoms with E-state index in [1.54, 1.807) is 31.1 Å². The highest BCUT2D eigenvalue weighted by Crippen LogP contribution is 2.25. The Morgan fingerprint density at radius 2 is 2.07 bits per heavy atom. The van der Waals surface area contributed by atoms with Gasteiger partial charge < -0.3 is 0 Å². The quantitative estimate of drug-likeness (QED) is 0.844. The van der Waals surface area contributed by atoms with Crippen LogP contribution in [0.2, 0.25) is 0 Å². The summed E-state index contributed by atoms with van der Waals surface area (Å²) in [4.78, 5) is 13.1. The molecule has 0 aliphatic heterocycles. The van der Waals surface area contributed by atoms with E-state index >= 15 is 0 Å². The number of benzene rings is 1. The third-order valence-electron chi connectivity index (χ3n) is 2.15. The second-order valence-corrected chi connectivity index (χ2v) is 4.56. The molecule has 0 aromatic heterocycles. The fourth-order valence-electron chi connectivity index (χ4n) is 1.58. The van der Waals surface area contributed by atoms with Gasteiger partial charge >= 0.3 is 0 Å². The van der Waals surface area contributed by atoms with E-state index in [4.69, 9.17) is 0 Å². The fraction of sp³-hybridized carbons (Fsp3) is 0.364. The molecule has 0 spiro atoms. The van der Waals surface area contributed by atoms with Crippen LogP contribution in [0.4, 0.5) is 4.39 Å². The minimum atomic E-state index is -0.525. The number of hydrogen-bond acceptors (Lipinski definition) is 2. The van der Waals surface area contributed by atoms with Crippen LogP contribution in [0, 0.1) is 5.82 Å². The number of likely N-dealkylation sites (N-methyl/N-ethyl adjacent to an activating group) is 1. The smallest absolute Gasteiger partial charge is 0.151 e. The maximum Gasteiger partial charge on any atom is 0.151 e. The van der Waals surface area contributed by atoms with Crippen molar-refractivity contribution in [1.29, 1.82) is 0 Å². The Hall–Kier alpha value is -0.740. The first-order chi connectivity index (χ1) is 6.93. The van der Waals surface area contributed by atoms with Crippen LogP contribution in [0.15, 0.2) is 22.7 Å². The second kappa shape index (κ2) is 4.86. The Morgan fingerprint density at radius 3 is 2.53 bits per heavy atom. The van der Waals surface area contributed by atoms with Crippen LogP contribution in [-0.4, -0.2) is 24.8 Å². The predicted octanol–water partition coefficient (Wildman–Crippen LogP) is 2.78. The van der Waals surface area contributed by atoms with Gasteiger partial charge in [-0.25, -0.2) is 4.39 Å². The van der Waals surface area contributed by atoms with E-state index in [-0.39, 0.29) is 11.6 Å². The van der Waals surface area contributed by atoms with Gasteiger partial charge in [0.1, 0.15) is 5.82 Å². The summed E-state index contributed by atoms with van der Waals surface area (Å²) in [5.74, 6) is -0.427. The highest BCUT2D eigenvalue weighted by Gasteiger charge is 2.22. The van der Waals surface area contributed by atoms with Crippen LogP contribution in [-0.2, 0) is 4.79 Å². The molecule has 1 rings (SSSR count). The maximum absolute atomic E-state index is 13.5. The topological polar surface area (TPSA) is 20.3 Å². The number of ketones is 1. The number of carbonyl (C=O) groups excluding carboxylic acids is 1. The van der Waals surface area contributed by atoms with Crippen molar-refractivity contribution in [3.63, 3.8) is 0 Å². The lowest BCUT2D eigenvalue weighted by molar-refractivity contribution is -0.121. The number of Topliss-reactive ketones (excluding diaryl/α,β-unsaturated/α-hetero) is 1. The van der Waals surface area contributed by atoms with Crippen molar-refractivity contribution in [2.75, 3.05) is 14.1 Å². The summed E-state index contributed by atoms with van der Waals surface area (Å²) >= 11 is 3.27. The highest BCUT2D eigenvalue weighted by molar-refractivity contribution is 9.10. The molecule has 4 heteroatoms. The highest BCUT2D eigenvalue weighted by atomic mass is 79.9. The second-order valence-electron chi connectivity index (χ2n) is 3.64. The average Bonchev–Trinajstić information content (AvgIpc) is 2.10. The number of carbonyl (C=O) groups is 1. The molecule has 82 valence electrons. The average molecular weight is 274 g/mol. The molecule has 1 aromatic rings. The standard InChI is InChI=1S/C11H13BrFNO/c1-7(15)11(14(2)3)9-6-8(12)4-5-10(9)13/h4-6,11H,1-3H3. The first-order valence-corrected chi connectivity index (χ1v) is 5.34. The lowest BCUT2D eigenvalue weighted by Crippen LogP contribution is -2.26. The number of halogens is 2. The normalized spacial score (nSPS) is 12.9. The Kier molecular flexibility index (Phi) is 3.99. The zero-order valence-corrected chi connectivity index (χ0v) is 10.5. The van der Waals surface area contributed by atoms with E-state index in [0.29, 0.717) is 5.56 Å². The molecule has 0 saturated carbocycles. The van der Waals surface area contributed by atoms with Crippen molar-refractivity contribution >= 4 is 21.7 Å². The molecular formula is C11H13BrFNO.